The van der Waals surface area contributed by atoms with Crippen molar-refractivity contribution in [3.8, 4) is 0 Å². The Morgan fingerprint density at radius 2 is 2.09 bits per heavy atom. The molecule has 0 aromatic carbocycles. The van der Waals surface area contributed by atoms with E-state index in [1.165, 1.54) is 0 Å². The predicted molar refractivity (Wildman–Crippen MR) is 45.3 cm³/mol. The van der Waals surface area contributed by atoms with E-state index in [0.717, 1.165) is 11.9 Å². The van der Waals surface area contributed by atoms with E-state index < -0.39 is 5.60 Å². The van der Waals surface area contributed by atoms with Crippen LogP contribution in [0.1, 0.15) is 34.1 Å². The third-order valence-corrected chi connectivity index (χ3v) is 1.52. The number of ether oxygens (including phenoxy) is 1. The molecule has 0 aromatic heterocycles. The second-order valence-electron chi connectivity index (χ2n) is 3.10. The van der Waals surface area contributed by atoms with Crippen molar-refractivity contribution in [2.24, 2.45) is 0 Å². The smallest absolute Gasteiger partial charge is 0.163 e. The molecule has 11 heavy (non-hydrogen) atoms. The maximum atomic E-state index is 10.5. The van der Waals surface area contributed by atoms with E-state index in [-0.39, 0.29) is 0 Å². The van der Waals surface area contributed by atoms with Gasteiger partial charge in [-0.2, -0.15) is 0 Å². The molecule has 0 N–H and O–H groups in total. The lowest BCUT2D eigenvalue weighted by molar-refractivity contribution is -0.123. The van der Waals surface area contributed by atoms with E-state index >= 15 is 0 Å². The van der Waals surface area contributed by atoms with Gasteiger partial charge in [0.15, 0.2) is 11.9 Å². The molecule has 0 aliphatic carbocycles. The van der Waals surface area contributed by atoms with E-state index in [1.807, 2.05) is 20.8 Å². The molecule has 1 unspecified atom stereocenters. The first-order chi connectivity index (χ1) is 5.04. The zero-order chi connectivity index (χ0) is 8.91. The minimum atomic E-state index is -0.642. The zero-order valence-electron chi connectivity index (χ0n) is 7.68. The number of hydrogen-bond acceptors (Lipinski definition) is 2. The summed E-state index contributed by atoms with van der Waals surface area (Å²) in [6.45, 7) is 7.56. The van der Waals surface area contributed by atoms with Crippen LogP contribution in [0, 0.1) is 0 Å². The Morgan fingerprint density at radius 1 is 1.55 bits per heavy atom. The molecule has 0 spiro atoms. The van der Waals surface area contributed by atoms with Gasteiger partial charge in [0.25, 0.3) is 0 Å². The number of hydrogen-bond donors (Lipinski definition) is 0. The third kappa shape index (κ3) is 3.81. The molecule has 0 rings (SSSR count). The van der Waals surface area contributed by atoms with E-state index in [4.69, 9.17) is 4.74 Å². The molecule has 0 saturated carbocycles. The molecule has 1 atom stereocenters. The van der Waals surface area contributed by atoms with Crippen molar-refractivity contribution >= 4 is 6.29 Å². The molecule has 0 fully saturated rings. The summed E-state index contributed by atoms with van der Waals surface area (Å²) in [7, 11) is 0. The average molecular weight is 156 g/mol. The monoisotopic (exact) mass is 156 g/mol. The van der Waals surface area contributed by atoms with Gasteiger partial charge in [-0.15, -0.1) is 0 Å². The Bertz CT molecular complexity index is 157. The molecule has 2 heteroatoms. The Balaban J connectivity index is 4.09. The van der Waals surface area contributed by atoms with Crippen molar-refractivity contribution in [3.63, 3.8) is 0 Å². The first kappa shape index (κ1) is 10.2. The quantitative estimate of drug-likeness (QED) is 0.461. The highest BCUT2D eigenvalue weighted by Crippen LogP contribution is 2.12. The van der Waals surface area contributed by atoms with E-state index in [1.54, 1.807) is 13.2 Å². The standard InChI is InChI=1S/C9H16O2/c1-5-9(4,7-10)11-6-8(2)3/h6-7H,5H2,1-4H3. The lowest BCUT2D eigenvalue weighted by Gasteiger charge is -2.20. The molecule has 2 nitrogen and oxygen atoms in total. The Labute approximate surface area is 68.2 Å². The minimum Gasteiger partial charge on any atom is -0.488 e. The fourth-order valence-electron chi connectivity index (χ4n) is 0.447. The van der Waals surface area contributed by atoms with Gasteiger partial charge in [-0.05, 0) is 32.8 Å². The van der Waals surface area contributed by atoms with Crippen molar-refractivity contribution < 1.29 is 9.53 Å². The summed E-state index contributed by atoms with van der Waals surface area (Å²) in [5, 5.41) is 0. The van der Waals surface area contributed by atoms with Crippen molar-refractivity contribution in [2.45, 2.75) is 39.7 Å². The molecule has 0 amide bonds. The lowest BCUT2D eigenvalue weighted by Crippen LogP contribution is -2.27. The highest BCUT2D eigenvalue weighted by atomic mass is 16.5. The maximum Gasteiger partial charge on any atom is 0.163 e. The topological polar surface area (TPSA) is 26.3 Å². The fourth-order valence-corrected chi connectivity index (χ4v) is 0.447. The summed E-state index contributed by atoms with van der Waals surface area (Å²) in [6.07, 6.45) is 3.16. The van der Waals surface area contributed by atoms with Crippen LogP contribution in [0.25, 0.3) is 0 Å². The molecular weight excluding hydrogens is 140 g/mol. The summed E-state index contributed by atoms with van der Waals surface area (Å²) in [6, 6.07) is 0. The van der Waals surface area contributed by atoms with Gasteiger partial charge in [0, 0.05) is 0 Å². The number of aldehydes is 1. The second kappa shape index (κ2) is 4.16. The molecule has 0 radical (unpaired) electrons. The van der Waals surface area contributed by atoms with Gasteiger partial charge in [-0.25, -0.2) is 0 Å². The number of allylic oxidation sites excluding steroid dienone is 1. The van der Waals surface area contributed by atoms with E-state index in [9.17, 15) is 4.79 Å². The molecule has 0 aliphatic heterocycles. The molecule has 0 heterocycles. The number of carbonyl (C=O) groups is 1. The fraction of sp³-hybridized carbons (Fsp3) is 0.667. The highest BCUT2D eigenvalue weighted by molar-refractivity contribution is 5.61. The summed E-state index contributed by atoms with van der Waals surface area (Å²) in [5.41, 5.74) is 0.420. The Kier molecular flexibility index (Phi) is 3.86. The van der Waals surface area contributed by atoms with Crippen LogP contribution in [-0.2, 0) is 9.53 Å². The number of rotatable bonds is 4. The van der Waals surface area contributed by atoms with Crippen molar-refractivity contribution in [2.75, 3.05) is 0 Å². The summed E-state index contributed by atoms with van der Waals surface area (Å²) in [5.74, 6) is 0. The third-order valence-electron chi connectivity index (χ3n) is 1.52. The maximum absolute atomic E-state index is 10.5. The van der Waals surface area contributed by atoms with Gasteiger partial charge < -0.3 is 4.74 Å². The summed E-state index contributed by atoms with van der Waals surface area (Å²) in [4.78, 5) is 10.5. The molecule has 0 saturated heterocycles. The van der Waals surface area contributed by atoms with Crippen molar-refractivity contribution in [1.29, 1.82) is 0 Å². The minimum absolute atomic E-state index is 0.642. The average Bonchev–Trinajstić information content (AvgIpc) is 2.00. The Hall–Kier alpha value is -0.790. The predicted octanol–water partition coefficient (Wildman–Crippen LogP) is 2.29. The molecule has 64 valence electrons. The van der Waals surface area contributed by atoms with Crippen LogP contribution in [0.4, 0.5) is 0 Å². The summed E-state index contributed by atoms with van der Waals surface area (Å²) < 4.78 is 5.26. The van der Waals surface area contributed by atoms with Crippen LogP contribution in [-0.4, -0.2) is 11.9 Å². The van der Waals surface area contributed by atoms with Crippen LogP contribution < -0.4 is 0 Å². The lowest BCUT2D eigenvalue weighted by atomic mass is 10.1. The van der Waals surface area contributed by atoms with Crippen molar-refractivity contribution in [1.82, 2.24) is 0 Å². The van der Waals surface area contributed by atoms with Gasteiger partial charge in [0.1, 0.15) is 0 Å². The molecular formula is C9H16O2. The first-order valence-corrected chi connectivity index (χ1v) is 3.81. The van der Waals surface area contributed by atoms with Gasteiger partial charge in [0.05, 0.1) is 6.26 Å². The van der Waals surface area contributed by atoms with E-state index in [0.29, 0.717) is 6.42 Å². The summed E-state index contributed by atoms with van der Waals surface area (Å²) >= 11 is 0. The van der Waals surface area contributed by atoms with Crippen LogP contribution in [0.15, 0.2) is 11.8 Å². The van der Waals surface area contributed by atoms with Gasteiger partial charge in [0.2, 0.25) is 0 Å². The second-order valence-corrected chi connectivity index (χ2v) is 3.10. The largest absolute Gasteiger partial charge is 0.488 e. The van der Waals surface area contributed by atoms with Crippen LogP contribution in [0.5, 0.6) is 0 Å². The van der Waals surface area contributed by atoms with Gasteiger partial charge in [-0.3, -0.25) is 4.79 Å². The molecule has 0 aliphatic rings. The van der Waals surface area contributed by atoms with Gasteiger partial charge >= 0.3 is 0 Å². The number of carbonyl (C=O) groups excluding carboxylic acids is 1. The van der Waals surface area contributed by atoms with Crippen molar-refractivity contribution in [3.05, 3.63) is 11.8 Å². The van der Waals surface area contributed by atoms with Crippen LogP contribution >= 0.6 is 0 Å². The molecule has 0 bridgehead atoms. The highest BCUT2D eigenvalue weighted by Gasteiger charge is 2.20. The zero-order valence-corrected chi connectivity index (χ0v) is 7.68. The van der Waals surface area contributed by atoms with Crippen LogP contribution in [0.3, 0.4) is 0 Å². The normalized spacial score (nSPS) is 14.9. The Morgan fingerprint density at radius 3 is 2.36 bits per heavy atom. The van der Waals surface area contributed by atoms with Gasteiger partial charge in [-0.1, -0.05) is 6.92 Å². The van der Waals surface area contributed by atoms with Crippen LogP contribution in [0.2, 0.25) is 0 Å². The SMILES string of the molecule is CCC(C)(C=O)OC=C(C)C. The first-order valence-electron chi connectivity index (χ1n) is 3.81. The van der Waals surface area contributed by atoms with E-state index in [2.05, 4.69) is 0 Å². The molecule has 0 aromatic rings.